The van der Waals surface area contributed by atoms with Crippen LogP contribution in [0.5, 0.6) is 11.5 Å². The van der Waals surface area contributed by atoms with Gasteiger partial charge in [0.15, 0.2) is 29.3 Å². The molecule has 0 radical (unpaired) electrons. The van der Waals surface area contributed by atoms with E-state index in [1.165, 1.54) is 0 Å². The van der Waals surface area contributed by atoms with Gasteiger partial charge in [-0.3, -0.25) is 4.79 Å². The predicted octanol–water partition coefficient (Wildman–Crippen LogP) is 9.38. The Morgan fingerprint density at radius 3 is 2.26 bits per heavy atom. The van der Waals surface area contributed by atoms with Crippen LogP contribution in [-0.4, -0.2) is 17.8 Å². The van der Waals surface area contributed by atoms with Crippen molar-refractivity contribution >= 4 is 11.4 Å². The number of ketones is 1. The standard InChI is InChI=1S/C28H26F8O3/c1-3-5-9-21(37)22(7-4-2)39-16-13-18(29)25(28(35,36)14-16)17-8-6-10-23(24(17)27(33)34)38-15-11-19(30)26(32)20(31)12-15/h6,8,10-13,22,27H,3-5,7,9,14H2,1-2H3. The van der Waals surface area contributed by atoms with Crippen molar-refractivity contribution in [2.24, 2.45) is 0 Å². The molecule has 0 bridgehead atoms. The van der Waals surface area contributed by atoms with Crippen molar-refractivity contribution in [1.82, 2.24) is 0 Å². The van der Waals surface area contributed by atoms with Crippen molar-refractivity contribution in [3.8, 4) is 11.5 Å². The Hall–Kier alpha value is -3.37. The minimum absolute atomic E-state index is 0.167. The molecule has 0 amide bonds. The molecule has 0 fully saturated rings. The largest absolute Gasteiger partial charge is 0.487 e. The number of benzene rings is 2. The third kappa shape index (κ3) is 6.99. The Balaban J connectivity index is 2.03. The van der Waals surface area contributed by atoms with Crippen molar-refractivity contribution in [3.05, 3.63) is 76.6 Å². The number of carbonyl (C=O) groups excluding carboxylic acids is 1. The first kappa shape index (κ1) is 30.2. The zero-order valence-electron chi connectivity index (χ0n) is 21.1. The van der Waals surface area contributed by atoms with E-state index in [-0.39, 0.29) is 18.6 Å². The third-order valence-electron chi connectivity index (χ3n) is 6.01. The molecule has 0 aromatic heterocycles. The summed E-state index contributed by atoms with van der Waals surface area (Å²) in [5.41, 5.74) is -3.42. The van der Waals surface area contributed by atoms with E-state index in [4.69, 9.17) is 9.47 Å². The highest BCUT2D eigenvalue weighted by molar-refractivity contribution is 5.83. The van der Waals surface area contributed by atoms with Crippen LogP contribution in [0.2, 0.25) is 0 Å². The number of alkyl halides is 4. The number of hydrogen-bond donors (Lipinski definition) is 0. The number of halogens is 8. The molecule has 2 aromatic rings. The quantitative estimate of drug-likeness (QED) is 0.191. The van der Waals surface area contributed by atoms with Crippen LogP contribution >= 0.6 is 0 Å². The zero-order chi connectivity index (χ0) is 28.9. The predicted molar refractivity (Wildman–Crippen MR) is 128 cm³/mol. The summed E-state index contributed by atoms with van der Waals surface area (Å²) in [4.78, 5) is 12.5. The molecular weight excluding hydrogens is 536 g/mol. The van der Waals surface area contributed by atoms with Gasteiger partial charge in [-0.1, -0.05) is 38.8 Å². The molecular formula is C28H26F8O3. The first-order chi connectivity index (χ1) is 18.4. The molecule has 11 heteroatoms. The lowest BCUT2D eigenvalue weighted by molar-refractivity contribution is -0.129. The Morgan fingerprint density at radius 1 is 1.03 bits per heavy atom. The van der Waals surface area contributed by atoms with Gasteiger partial charge in [-0.25, -0.2) is 35.1 Å². The SMILES string of the molecule is CCCCC(=O)C(CCC)OC1=CC(F)=C(c2cccc(Oc3cc(F)c(F)c(F)c3)c2C(F)F)C(F)(F)C1. The van der Waals surface area contributed by atoms with Crippen LogP contribution in [-0.2, 0) is 9.53 Å². The molecule has 2 aromatic carbocycles. The van der Waals surface area contributed by atoms with Gasteiger partial charge in [-0.05, 0) is 24.5 Å². The van der Waals surface area contributed by atoms with E-state index in [0.29, 0.717) is 31.1 Å². The lowest BCUT2D eigenvalue weighted by Gasteiger charge is -2.29. The van der Waals surface area contributed by atoms with Crippen molar-refractivity contribution in [1.29, 1.82) is 0 Å². The Labute approximate surface area is 220 Å². The molecule has 0 aliphatic heterocycles. The fourth-order valence-corrected chi connectivity index (χ4v) is 4.18. The highest BCUT2D eigenvalue weighted by Crippen LogP contribution is 2.49. The van der Waals surface area contributed by atoms with Gasteiger partial charge in [0.1, 0.15) is 23.1 Å². The van der Waals surface area contributed by atoms with Crippen molar-refractivity contribution < 1.29 is 49.4 Å². The fraction of sp³-hybridized carbons (Fsp3) is 0.393. The summed E-state index contributed by atoms with van der Waals surface area (Å²) in [6.07, 6.45) is -2.90. The summed E-state index contributed by atoms with van der Waals surface area (Å²) in [7, 11) is 0. The first-order valence-electron chi connectivity index (χ1n) is 12.3. The summed E-state index contributed by atoms with van der Waals surface area (Å²) in [6.45, 7) is 3.64. The van der Waals surface area contributed by atoms with Crippen molar-refractivity contribution in [3.63, 3.8) is 0 Å². The minimum Gasteiger partial charge on any atom is -0.487 e. The van der Waals surface area contributed by atoms with E-state index in [1.54, 1.807) is 6.92 Å². The average Bonchev–Trinajstić information content (AvgIpc) is 2.84. The van der Waals surface area contributed by atoms with Crippen LogP contribution in [0.1, 0.15) is 69.9 Å². The average molecular weight is 562 g/mol. The molecule has 1 aliphatic rings. The van der Waals surface area contributed by atoms with E-state index >= 15 is 13.2 Å². The van der Waals surface area contributed by atoms with Gasteiger partial charge in [0.25, 0.3) is 12.3 Å². The molecule has 0 saturated carbocycles. The Bertz CT molecular complexity index is 1250. The maximum absolute atomic E-state index is 15.3. The first-order valence-corrected chi connectivity index (χ1v) is 12.3. The molecule has 3 nitrogen and oxygen atoms in total. The summed E-state index contributed by atoms with van der Waals surface area (Å²) >= 11 is 0. The highest BCUT2D eigenvalue weighted by atomic mass is 19.3. The minimum atomic E-state index is -4.03. The Morgan fingerprint density at radius 2 is 1.69 bits per heavy atom. The number of ether oxygens (including phenoxy) is 2. The summed E-state index contributed by atoms with van der Waals surface area (Å²) in [5, 5.41) is 0. The maximum atomic E-state index is 15.3. The van der Waals surface area contributed by atoms with Gasteiger partial charge >= 0.3 is 0 Å². The Kier molecular flexibility index (Phi) is 9.79. The molecule has 1 unspecified atom stereocenters. The van der Waals surface area contributed by atoms with Crippen molar-refractivity contribution in [2.75, 3.05) is 0 Å². The number of hydrogen-bond acceptors (Lipinski definition) is 3. The third-order valence-corrected chi connectivity index (χ3v) is 6.01. The second-order valence-electron chi connectivity index (χ2n) is 9.00. The van der Waals surface area contributed by atoms with Crippen LogP contribution in [0.25, 0.3) is 5.57 Å². The van der Waals surface area contributed by atoms with Gasteiger partial charge in [0.05, 0.1) is 17.6 Å². The van der Waals surface area contributed by atoms with Gasteiger partial charge in [0.2, 0.25) is 0 Å². The van der Waals surface area contributed by atoms with E-state index in [1.807, 2.05) is 6.92 Å². The second-order valence-corrected chi connectivity index (χ2v) is 9.00. The lowest BCUT2D eigenvalue weighted by atomic mass is 9.88. The molecule has 1 atom stereocenters. The molecule has 3 rings (SSSR count). The lowest BCUT2D eigenvalue weighted by Crippen LogP contribution is -2.29. The van der Waals surface area contributed by atoms with Crippen LogP contribution in [0.4, 0.5) is 35.1 Å². The number of Topliss-reactive ketones (excluding diaryl/α,β-unsaturated/α-hetero) is 1. The molecule has 1 aliphatic carbocycles. The van der Waals surface area contributed by atoms with Gasteiger partial charge in [0, 0.05) is 24.6 Å². The number of carbonyl (C=O) groups is 1. The molecule has 0 spiro atoms. The topological polar surface area (TPSA) is 35.5 Å². The van der Waals surface area contributed by atoms with Crippen LogP contribution in [0, 0.1) is 17.5 Å². The van der Waals surface area contributed by atoms with Crippen LogP contribution < -0.4 is 4.74 Å². The monoisotopic (exact) mass is 562 g/mol. The smallest absolute Gasteiger partial charge is 0.283 e. The molecule has 39 heavy (non-hydrogen) atoms. The van der Waals surface area contributed by atoms with E-state index in [2.05, 4.69) is 0 Å². The summed E-state index contributed by atoms with van der Waals surface area (Å²) in [5.74, 6) is -13.1. The van der Waals surface area contributed by atoms with Crippen LogP contribution in [0.15, 0.2) is 48.0 Å². The van der Waals surface area contributed by atoms with E-state index in [0.717, 1.165) is 24.6 Å². The van der Waals surface area contributed by atoms with E-state index in [9.17, 15) is 26.7 Å². The zero-order valence-corrected chi connectivity index (χ0v) is 21.1. The number of unbranched alkanes of at least 4 members (excludes halogenated alkanes) is 1. The van der Waals surface area contributed by atoms with Gasteiger partial charge < -0.3 is 9.47 Å². The fourth-order valence-electron chi connectivity index (χ4n) is 4.18. The highest BCUT2D eigenvalue weighted by Gasteiger charge is 2.44. The van der Waals surface area contributed by atoms with Crippen molar-refractivity contribution in [2.45, 2.75) is 70.8 Å². The second kappa shape index (κ2) is 12.7. The summed E-state index contributed by atoms with van der Waals surface area (Å²) < 4.78 is 125. The molecule has 212 valence electrons. The van der Waals surface area contributed by atoms with Gasteiger partial charge in [-0.15, -0.1) is 0 Å². The maximum Gasteiger partial charge on any atom is 0.283 e. The van der Waals surface area contributed by atoms with E-state index < -0.39 is 82.1 Å². The summed E-state index contributed by atoms with van der Waals surface area (Å²) in [6, 6.07) is 3.52. The molecule has 0 heterocycles. The van der Waals surface area contributed by atoms with Gasteiger partial charge in [-0.2, -0.15) is 0 Å². The van der Waals surface area contributed by atoms with Crippen LogP contribution in [0.3, 0.4) is 0 Å². The number of rotatable bonds is 12. The number of allylic oxidation sites excluding steroid dienone is 4. The molecule has 0 saturated heterocycles. The normalized spacial score (nSPS) is 15.8. The molecule has 0 N–H and O–H groups in total.